The Labute approximate surface area is 112 Å². The van der Waals surface area contributed by atoms with E-state index >= 15 is 0 Å². The summed E-state index contributed by atoms with van der Waals surface area (Å²) in [7, 11) is 0. The molecule has 0 amide bonds. The van der Waals surface area contributed by atoms with Crippen LogP contribution in [0, 0.1) is 19.7 Å². The van der Waals surface area contributed by atoms with Gasteiger partial charge in [-0.3, -0.25) is 4.98 Å². The molecule has 0 aliphatic carbocycles. The maximum Gasteiger partial charge on any atom is 0.186 e. The largest absolute Gasteiger partial charge is 0.368 e. The third-order valence-corrected chi connectivity index (χ3v) is 2.78. The SMILES string of the molecule is CCCNc1nc(-c2ncccc2C)nc(C)c1F. The van der Waals surface area contributed by atoms with Crippen LogP contribution in [-0.2, 0) is 0 Å². The number of hydrogen-bond acceptors (Lipinski definition) is 4. The fraction of sp³-hybridized carbons (Fsp3) is 0.357. The van der Waals surface area contributed by atoms with Crippen LogP contribution >= 0.6 is 0 Å². The first-order chi connectivity index (χ1) is 9.13. The average molecular weight is 260 g/mol. The van der Waals surface area contributed by atoms with Crippen molar-refractivity contribution >= 4 is 5.82 Å². The molecule has 0 bridgehead atoms. The van der Waals surface area contributed by atoms with Crippen LogP contribution in [0.15, 0.2) is 18.3 Å². The Morgan fingerprint density at radius 1 is 1.26 bits per heavy atom. The minimum atomic E-state index is -0.397. The van der Waals surface area contributed by atoms with Gasteiger partial charge in [0.2, 0.25) is 0 Å². The van der Waals surface area contributed by atoms with E-state index in [0.717, 1.165) is 12.0 Å². The fourth-order valence-electron chi connectivity index (χ4n) is 1.75. The van der Waals surface area contributed by atoms with Crippen molar-refractivity contribution in [3.8, 4) is 11.5 Å². The summed E-state index contributed by atoms with van der Waals surface area (Å²) in [6.07, 6.45) is 2.59. The molecule has 5 heteroatoms. The van der Waals surface area contributed by atoms with Crippen molar-refractivity contribution in [1.82, 2.24) is 15.0 Å². The molecule has 0 spiro atoms. The first kappa shape index (κ1) is 13.4. The van der Waals surface area contributed by atoms with Gasteiger partial charge in [-0.15, -0.1) is 0 Å². The van der Waals surface area contributed by atoms with E-state index in [1.807, 2.05) is 26.0 Å². The molecule has 0 atom stereocenters. The summed E-state index contributed by atoms with van der Waals surface area (Å²) >= 11 is 0. The Bertz CT molecular complexity index is 584. The predicted octanol–water partition coefficient (Wildman–Crippen LogP) is 3.12. The highest BCUT2D eigenvalue weighted by atomic mass is 19.1. The van der Waals surface area contributed by atoms with Crippen LogP contribution in [0.3, 0.4) is 0 Å². The molecule has 100 valence electrons. The molecule has 2 rings (SSSR count). The summed E-state index contributed by atoms with van der Waals surface area (Å²) < 4.78 is 13.9. The summed E-state index contributed by atoms with van der Waals surface area (Å²) in [4.78, 5) is 12.7. The number of nitrogens with zero attached hydrogens (tertiary/aromatic N) is 3. The summed E-state index contributed by atoms with van der Waals surface area (Å²) in [5.74, 6) is 0.302. The first-order valence-electron chi connectivity index (χ1n) is 6.33. The van der Waals surface area contributed by atoms with Gasteiger partial charge in [0.1, 0.15) is 5.69 Å². The Balaban J connectivity index is 2.47. The highest BCUT2D eigenvalue weighted by molar-refractivity contribution is 5.57. The van der Waals surface area contributed by atoms with Crippen molar-refractivity contribution in [3.63, 3.8) is 0 Å². The van der Waals surface area contributed by atoms with E-state index in [0.29, 0.717) is 23.8 Å². The highest BCUT2D eigenvalue weighted by Gasteiger charge is 2.14. The van der Waals surface area contributed by atoms with Gasteiger partial charge in [0.15, 0.2) is 17.5 Å². The molecule has 0 fully saturated rings. The maximum atomic E-state index is 13.9. The van der Waals surface area contributed by atoms with Crippen LogP contribution in [-0.4, -0.2) is 21.5 Å². The second-order valence-electron chi connectivity index (χ2n) is 4.39. The molecule has 0 saturated heterocycles. The Morgan fingerprint density at radius 2 is 2.05 bits per heavy atom. The number of pyridine rings is 1. The van der Waals surface area contributed by atoms with Crippen LogP contribution in [0.25, 0.3) is 11.5 Å². The molecule has 2 aromatic heterocycles. The van der Waals surface area contributed by atoms with Gasteiger partial charge >= 0.3 is 0 Å². The Morgan fingerprint density at radius 3 is 2.74 bits per heavy atom. The molecule has 19 heavy (non-hydrogen) atoms. The van der Waals surface area contributed by atoms with Crippen LogP contribution in [0.5, 0.6) is 0 Å². The normalized spacial score (nSPS) is 10.5. The second-order valence-corrected chi connectivity index (χ2v) is 4.39. The van der Waals surface area contributed by atoms with Crippen molar-refractivity contribution in [2.45, 2.75) is 27.2 Å². The highest BCUT2D eigenvalue weighted by Crippen LogP contribution is 2.21. The van der Waals surface area contributed by atoms with Gasteiger partial charge in [-0.25, -0.2) is 14.4 Å². The number of aromatic nitrogens is 3. The topological polar surface area (TPSA) is 50.7 Å². The number of anilines is 1. The van der Waals surface area contributed by atoms with Gasteiger partial charge in [0, 0.05) is 12.7 Å². The van der Waals surface area contributed by atoms with Gasteiger partial charge in [0.25, 0.3) is 0 Å². The molecule has 0 aliphatic heterocycles. The zero-order chi connectivity index (χ0) is 13.8. The number of hydrogen-bond donors (Lipinski definition) is 1. The summed E-state index contributed by atoms with van der Waals surface area (Å²) in [6.45, 7) is 6.26. The van der Waals surface area contributed by atoms with E-state index < -0.39 is 5.82 Å². The number of nitrogens with one attached hydrogen (secondary N) is 1. The van der Waals surface area contributed by atoms with Crippen molar-refractivity contribution in [2.75, 3.05) is 11.9 Å². The molecule has 0 radical (unpaired) electrons. The third kappa shape index (κ3) is 2.86. The van der Waals surface area contributed by atoms with Gasteiger partial charge in [-0.1, -0.05) is 13.0 Å². The van der Waals surface area contributed by atoms with Crippen molar-refractivity contribution in [1.29, 1.82) is 0 Å². The maximum absolute atomic E-state index is 13.9. The fourth-order valence-corrected chi connectivity index (χ4v) is 1.75. The second kappa shape index (κ2) is 5.73. The molecule has 0 aromatic carbocycles. The van der Waals surface area contributed by atoms with Gasteiger partial charge < -0.3 is 5.32 Å². The first-order valence-corrected chi connectivity index (χ1v) is 6.33. The Kier molecular flexibility index (Phi) is 4.04. The number of halogens is 1. The van der Waals surface area contributed by atoms with Gasteiger partial charge in [-0.05, 0) is 31.9 Å². The predicted molar refractivity (Wildman–Crippen MR) is 73.5 cm³/mol. The lowest BCUT2D eigenvalue weighted by molar-refractivity contribution is 0.605. The van der Waals surface area contributed by atoms with Crippen LogP contribution in [0.4, 0.5) is 10.2 Å². The molecular weight excluding hydrogens is 243 g/mol. The number of rotatable bonds is 4. The minimum absolute atomic E-state index is 0.245. The summed E-state index contributed by atoms with van der Waals surface area (Å²) in [5, 5.41) is 2.98. The van der Waals surface area contributed by atoms with E-state index in [2.05, 4.69) is 20.3 Å². The third-order valence-electron chi connectivity index (χ3n) is 2.78. The summed E-state index contributed by atoms with van der Waals surface area (Å²) in [5.41, 5.74) is 1.98. The summed E-state index contributed by atoms with van der Waals surface area (Å²) in [6, 6.07) is 3.79. The molecular formula is C14H17FN4. The molecule has 4 nitrogen and oxygen atoms in total. The average Bonchev–Trinajstić information content (AvgIpc) is 2.41. The van der Waals surface area contributed by atoms with Gasteiger partial charge in [-0.2, -0.15) is 0 Å². The molecule has 0 aliphatic rings. The van der Waals surface area contributed by atoms with Gasteiger partial charge in [0.05, 0.1) is 5.69 Å². The van der Waals surface area contributed by atoms with E-state index in [1.165, 1.54) is 0 Å². The monoisotopic (exact) mass is 260 g/mol. The van der Waals surface area contributed by atoms with Crippen LogP contribution in [0.1, 0.15) is 24.6 Å². The van der Waals surface area contributed by atoms with Crippen molar-refractivity contribution < 1.29 is 4.39 Å². The van der Waals surface area contributed by atoms with E-state index in [9.17, 15) is 4.39 Å². The van der Waals surface area contributed by atoms with E-state index in [-0.39, 0.29) is 5.82 Å². The molecule has 0 saturated carbocycles. The van der Waals surface area contributed by atoms with E-state index in [4.69, 9.17) is 0 Å². The molecule has 0 unspecified atom stereocenters. The minimum Gasteiger partial charge on any atom is -0.368 e. The molecule has 2 aromatic rings. The lowest BCUT2D eigenvalue weighted by Crippen LogP contribution is -2.09. The van der Waals surface area contributed by atoms with Crippen molar-refractivity contribution in [3.05, 3.63) is 35.4 Å². The van der Waals surface area contributed by atoms with Crippen LogP contribution < -0.4 is 5.32 Å². The number of aryl methyl sites for hydroxylation is 2. The zero-order valence-corrected chi connectivity index (χ0v) is 11.4. The smallest absolute Gasteiger partial charge is 0.186 e. The lowest BCUT2D eigenvalue weighted by Gasteiger charge is -2.10. The Hall–Kier alpha value is -2.04. The lowest BCUT2D eigenvalue weighted by atomic mass is 10.2. The zero-order valence-electron chi connectivity index (χ0n) is 11.4. The standard InChI is InChI=1S/C14H17FN4/c1-4-7-17-13-11(15)10(3)18-14(19-13)12-9(2)6-5-8-16-12/h5-6,8H,4,7H2,1-3H3,(H,17,18,19). The van der Waals surface area contributed by atoms with E-state index in [1.54, 1.807) is 13.1 Å². The molecule has 2 heterocycles. The van der Waals surface area contributed by atoms with Crippen molar-refractivity contribution in [2.24, 2.45) is 0 Å². The quantitative estimate of drug-likeness (QED) is 0.917. The van der Waals surface area contributed by atoms with Crippen LogP contribution in [0.2, 0.25) is 0 Å². The molecule has 1 N–H and O–H groups in total.